The van der Waals surface area contributed by atoms with Gasteiger partial charge in [0.25, 0.3) is 5.91 Å². The molecule has 0 spiro atoms. The van der Waals surface area contributed by atoms with E-state index in [-0.39, 0.29) is 5.91 Å². The zero-order chi connectivity index (χ0) is 15.5. The summed E-state index contributed by atoms with van der Waals surface area (Å²) in [7, 11) is 1.88. The van der Waals surface area contributed by atoms with E-state index in [1.165, 1.54) is 0 Å². The second-order valence-corrected chi connectivity index (χ2v) is 4.97. The molecule has 0 unspecified atom stereocenters. The number of carbonyl (C=O) groups excluding carboxylic acids is 1. The number of carbonyl (C=O) groups is 1. The van der Waals surface area contributed by atoms with E-state index in [2.05, 4.69) is 16.2 Å². The van der Waals surface area contributed by atoms with E-state index < -0.39 is 0 Å². The smallest absolute Gasteiger partial charge is 0.272 e. The lowest BCUT2D eigenvalue weighted by Crippen LogP contribution is -2.17. The summed E-state index contributed by atoms with van der Waals surface area (Å²) >= 11 is 0. The highest BCUT2D eigenvalue weighted by molar-refractivity contribution is 6.08. The van der Waals surface area contributed by atoms with E-state index in [0.717, 1.165) is 16.5 Å². The highest BCUT2D eigenvalue weighted by Crippen LogP contribution is 2.26. The molecule has 4 nitrogen and oxygen atoms in total. The molecule has 0 fully saturated rings. The third-order valence-electron chi connectivity index (χ3n) is 3.64. The Bertz CT molecular complexity index is 872. The van der Waals surface area contributed by atoms with Crippen LogP contribution in [0.25, 0.3) is 10.9 Å². The van der Waals surface area contributed by atoms with E-state index in [0.29, 0.717) is 17.8 Å². The fraction of sp³-hybridized carbons (Fsp3) is 0.111. The summed E-state index contributed by atoms with van der Waals surface area (Å²) in [6.07, 6.45) is 9.18. The van der Waals surface area contributed by atoms with Crippen molar-refractivity contribution in [2.45, 2.75) is 6.42 Å². The average molecular weight is 289 g/mol. The number of aromatic nitrogens is 2. The molecule has 0 saturated carbocycles. The van der Waals surface area contributed by atoms with E-state index >= 15 is 0 Å². The first-order chi connectivity index (χ1) is 10.7. The first kappa shape index (κ1) is 13.9. The van der Waals surface area contributed by atoms with Crippen molar-refractivity contribution >= 4 is 22.5 Å². The van der Waals surface area contributed by atoms with Crippen molar-refractivity contribution in [1.29, 1.82) is 0 Å². The molecule has 3 aromatic rings. The van der Waals surface area contributed by atoms with Crippen molar-refractivity contribution in [1.82, 2.24) is 9.55 Å². The molecule has 1 amide bonds. The summed E-state index contributed by atoms with van der Waals surface area (Å²) in [6.45, 7) is 0. The van der Waals surface area contributed by atoms with Crippen LogP contribution in [0.4, 0.5) is 5.69 Å². The molecule has 3 rings (SSSR count). The Balaban J connectivity index is 2.09. The molecule has 0 atom stereocenters. The van der Waals surface area contributed by atoms with Crippen molar-refractivity contribution in [2.24, 2.45) is 7.05 Å². The fourth-order valence-corrected chi connectivity index (χ4v) is 2.67. The van der Waals surface area contributed by atoms with Crippen molar-refractivity contribution in [3.8, 4) is 12.3 Å². The number of hydrogen-bond acceptors (Lipinski definition) is 2. The molecule has 108 valence electrons. The van der Waals surface area contributed by atoms with Gasteiger partial charge in [0.2, 0.25) is 0 Å². The maximum absolute atomic E-state index is 12.7. The van der Waals surface area contributed by atoms with Gasteiger partial charge in [-0.3, -0.25) is 9.78 Å². The van der Waals surface area contributed by atoms with Crippen LogP contribution in [0.5, 0.6) is 0 Å². The number of hydrogen-bond donors (Lipinski definition) is 1. The van der Waals surface area contributed by atoms with Gasteiger partial charge in [-0.25, -0.2) is 0 Å². The molecule has 0 bridgehead atoms. The largest absolute Gasteiger partial charge is 0.339 e. The zero-order valence-electron chi connectivity index (χ0n) is 12.2. The minimum atomic E-state index is -0.171. The monoisotopic (exact) mass is 289 g/mol. The number of nitrogens with zero attached hydrogens (tertiary/aromatic N) is 2. The van der Waals surface area contributed by atoms with Gasteiger partial charge in [-0.2, -0.15) is 0 Å². The summed E-state index contributed by atoms with van der Waals surface area (Å²) < 4.78 is 1.89. The first-order valence-corrected chi connectivity index (χ1v) is 6.93. The van der Waals surface area contributed by atoms with Crippen LogP contribution in [-0.4, -0.2) is 15.5 Å². The number of benzene rings is 1. The first-order valence-electron chi connectivity index (χ1n) is 6.93. The van der Waals surface area contributed by atoms with Crippen LogP contribution in [0.3, 0.4) is 0 Å². The Morgan fingerprint density at radius 1 is 1.27 bits per heavy atom. The van der Waals surface area contributed by atoms with Gasteiger partial charge in [-0.1, -0.05) is 18.2 Å². The summed E-state index contributed by atoms with van der Waals surface area (Å²) in [5.74, 6) is 2.47. The topological polar surface area (TPSA) is 46.9 Å². The minimum Gasteiger partial charge on any atom is -0.339 e. The molecule has 0 aliphatic heterocycles. The standard InChI is InChI=1S/C18H15N3O/c1-3-6-15-14-7-4-5-8-16(14)21(2)17(15)18(22)20-13-9-11-19-12-10-13/h1,4-5,7-12H,6H2,2H3,(H,19,20,22). The Labute approximate surface area is 128 Å². The van der Waals surface area contributed by atoms with Crippen LogP contribution in [0.15, 0.2) is 48.8 Å². The van der Waals surface area contributed by atoms with Gasteiger partial charge in [0, 0.05) is 48.0 Å². The molecule has 0 aliphatic carbocycles. The third-order valence-corrected chi connectivity index (χ3v) is 3.64. The molecular weight excluding hydrogens is 274 g/mol. The molecule has 22 heavy (non-hydrogen) atoms. The molecule has 1 N–H and O–H groups in total. The average Bonchev–Trinajstić information content (AvgIpc) is 2.82. The van der Waals surface area contributed by atoms with E-state index in [1.807, 2.05) is 35.9 Å². The SMILES string of the molecule is C#CCc1c(C(=O)Nc2ccncc2)n(C)c2ccccc12. The Hall–Kier alpha value is -3.06. The highest BCUT2D eigenvalue weighted by atomic mass is 16.1. The maximum atomic E-state index is 12.7. The van der Waals surface area contributed by atoms with Crippen molar-refractivity contribution in [3.05, 3.63) is 60.0 Å². The third kappa shape index (κ3) is 2.33. The van der Waals surface area contributed by atoms with Crippen LogP contribution < -0.4 is 5.32 Å². The van der Waals surface area contributed by atoms with E-state index in [1.54, 1.807) is 24.5 Å². The summed E-state index contributed by atoms with van der Waals surface area (Å²) in [6, 6.07) is 11.4. The van der Waals surface area contributed by atoms with Crippen LogP contribution in [0, 0.1) is 12.3 Å². The number of amides is 1. The molecule has 0 saturated heterocycles. The second-order valence-electron chi connectivity index (χ2n) is 4.97. The highest BCUT2D eigenvalue weighted by Gasteiger charge is 2.20. The maximum Gasteiger partial charge on any atom is 0.272 e. The fourth-order valence-electron chi connectivity index (χ4n) is 2.67. The molecule has 4 heteroatoms. The molecule has 0 radical (unpaired) electrons. The van der Waals surface area contributed by atoms with Crippen LogP contribution in [0.1, 0.15) is 16.1 Å². The minimum absolute atomic E-state index is 0.171. The van der Waals surface area contributed by atoms with Crippen molar-refractivity contribution < 1.29 is 4.79 Å². The van der Waals surface area contributed by atoms with Gasteiger partial charge in [0.15, 0.2) is 0 Å². The van der Waals surface area contributed by atoms with Gasteiger partial charge >= 0.3 is 0 Å². The molecule has 2 aromatic heterocycles. The normalized spacial score (nSPS) is 10.4. The number of anilines is 1. The Morgan fingerprint density at radius 3 is 2.73 bits per heavy atom. The zero-order valence-corrected chi connectivity index (χ0v) is 12.2. The summed E-state index contributed by atoms with van der Waals surface area (Å²) in [4.78, 5) is 16.6. The lowest BCUT2D eigenvalue weighted by atomic mass is 10.1. The molecule has 1 aromatic carbocycles. The van der Waals surface area contributed by atoms with Crippen molar-refractivity contribution in [3.63, 3.8) is 0 Å². The second kappa shape index (κ2) is 5.74. The number of aryl methyl sites for hydroxylation is 1. The van der Waals surface area contributed by atoms with E-state index in [4.69, 9.17) is 6.42 Å². The number of rotatable bonds is 3. The summed E-state index contributed by atoms with van der Waals surface area (Å²) in [5.41, 5.74) is 3.17. The summed E-state index contributed by atoms with van der Waals surface area (Å²) in [5, 5.41) is 3.91. The number of pyridine rings is 1. The van der Waals surface area contributed by atoms with Crippen LogP contribution in [-0.2, 0) is 13.5 Å². The van der Waals surface area contributed by atoms with Crippen LogP contribution >= 0.6 is 0 Å². The molecule has 2 heterocycles. The van der Waals surface area contributed by atoms with Gasteiger partial charge in [0.05, 0.1) is 0 Å². The van der Waals surface area contributed by atoms with Crippen molar-refractivity contribution in [2.75, 3.05) is 5.32 Å². The van der Waals surface area contributed by atoms with Gasteiger partial charge in [0.1, 0.15) is 5.69 Å². The number of fused-ring (bicyclic) bond motifs is 1. The van der Waals surface area contributed by atoms with Gasteiger partial charge in [-0.15, -0.1) is 12.3 Å². The van der Waals surface area contributed by atoms with Gasteiger partial charge in [-0.05, 0) is 18.2 Å². The molecular formula is C18H15N3O. The lowest BCUT2D eigenvalue weighted by molar-refractivity contribution is 0.101. The number of para-hydroxylation sites is 1. The number of terminal acetylenes is 1. The number of nitrogens with one attached hydrogen (secondary N) is 1. The Morgan fingerprint density at radius 2 is 2.00 bits per heavy atom. The lowest BCUT2D eigenvalue weighted by Gasteiger charge is -2.08. The predicted octanol–water partition coefficient (Wildman–Crippen LogP) is 3.00. The predicted molar refractivity (Wildman–Crippen MR) is 87.6 cm³/mol. The quantitative estimate of drug-likeness (QED) is 0.753. The van der Waals surface area contributed by atoms with E-state index in [9.17, 15) is 4.79 Å². The molecule has 0 aliphatic rings. The van der Waals surface area contributed by atoms with Gasteiger partial charge < -0.3 is 9.88 Å². The van der Waals surface area contributed by atoms with Crippen LogP contribution in [0.2, 0.25) is 0 Å². The Kier molecular flexibility index (Phi) is 3.63.